The highest BCUT2D eigenvalue weighted by atomic mass is 19.1. The lowest BCUT2D eigenvalue weighted by Gasteiger charge is -2.11. The Morgan fingerprint density at radius 2 is 2.12 bits per heavy atom. The lowest BCUT2D eigenvalue weighted by molar-refractivity contribution is 0.100. The summed E-state index contributed by atoms with van der Waals surface area (Å²) in [6.07, 6.45) is 4.53. The highest BCUT2D eigenvalue weighted by Crippen LogP contribution is 2.18. The van der Waals surface area contributed by atoms with Gasteiger partial charge in [-0.15, -0.1) is 0 Å². The van der Waals surface area contributed by atoms with Gasteiger partial charge in [0, 0.05) is 31.5 Å². The minimum atomic E-state index is -0.750. The van der Waals surface area contributed by atoms with Crippen molar-refractivity contribution < 1.29 is 13.6 Å². The third-order valence-corrected chi connectivity index (χ3v) is 3.47. The number of hydrogen-bond acceptors (Lipinski definition) is 6. The first-order valence-corrected chi connectivity index (χ1v) is 7.52. The number of halogens is 2. The molecule has 2 heterocycles. The fourth-order valence-corrected chi connectivity index (χ4v) is 2.23. The van der Waals surface area contributed by atoms with Crippen molar-refractivity contribution in [2.75, 3.05) is 10.6 Å². The Hall–Kier alpha value is -3.56. The number of nitrogens with two attached hydrogens (primary N) is 1. The SMILES string of the molecule is Cn1cc(Nc2ncc(C(N)=O)c(NCc3cc(F)ccc3F)n2)cn1. The summed E-state index contributed by atoms with van der Waals surface area (Å²) in [7, 11) is 1.75. The van der Waals surface area contributed by atoms with Crippen LogP contribution >= 0.6 is 0 Å². The minimum absolute atomic E-state index is 0.0264. The molecule has 0 atom stereocenters. The van der Waals surface area contributed by atoms with E-state index in [1.807, 2.05) is 0 Å². The van der Waals surface area contributed by atoms with Gasteiger partial charge in [-0.2, -0.15) is 10.1 Å². The second kappa shape index (κ2) is 7.13. The summed E-state index contributed by atoms with van der Waals surface area (Å²) in [6, 6.07) is 3.10. The van der Waals surface area contributed by atoms with E-state index in [1.54, 1.807) is 24.1 Å². The summed E-state index contributed by atoms with van der Waals surface area (Å²) in [5.41, 5.74) is 6.07. The summed E-state index contributed by atoms with van der Waals surface area (Å²) < 4.78 is 28.6. The molecule has 0 fully saturated rings. The van der Waals surface area contributed by atoms with Gasteiger partial charge in [0.25, 0.3) is 5.91 Å². The van der Waals surface area contributed by atoms with E-state index in [9.17, 15) is 13.6 Å². The molecule has 0 aliphatic carbocycles. The molecule has 134 valence electrons. The van der Waals surface area contributed by atoms with Gasteiger partial charge in [-0.25, -0.2) is 13.8 Å². The van der Waals surface area contributed by atoms with Gasteiger partial charge >= 0.3 is 0 Å². The van der Waals surface area contributed by atoms with Gasteiger partial charge in [0.2, 0.25) is 5.95 Å². The van der Waals surface area contributed by atoms with Gasteiger partial charge < -0.3 is 16.4 Å². The van der Waals surface area contributed by atoms with Gasteiger partial charge in [-0.3, -0.25) is 9.48 Å². The Bertz CT molecular complexity index is 958. The molecule has 0 unspecified atom stereocenters. The number of aryl methyl sites for hydroxylation is 1. The quantitative estimate of drug-likeness (QED) is 0.620. The van der Waals surface area contributed by atoms with E-state index >= 15 is 0 Å². The van der Waals surface area contributed by atoms with E-state index in [0.29, 0.717) is 5.69 Å². The number of aromatic nitrogens is 4. The lowest BCUT2D eigenvalue weighted by atomic mass is 10.2. The number of nitrogens with zero attached hydrogens (tertiary/aromatic N) is 4. The number of rotatable bonds is 6. The van der Waals surface area contributed by atoms with Crippen molar-refractivity contribution >= 4 is 23.4 Å². The third-order valence-electron chi connectivity index (χ3n) is 3.47. The van der Waals surface area contributed by atoms with Gasteiger partial charge in [-0.1, -0.05) is 0 Å². The molecule has 3 rings (SSSR count). The average molecular weight is 359 g/mol. The van der Waals surface area contributed by atoms with Crippen molar-refractivity contribution in [3.05, 3.63) is 59.6 Å². The topological polar surface area (TPSA) is 111 Å². The summed E-state index contributed by atoms with van der Waals surface area (Å²) >= 11 is 0. The van der Waals surface area contributed by atoms with Crippen molar-refractivity contribution in [1.29, 1.82) is 0 Å². The first-order valence-electron chi connectivity index (χ1n) is 7.52. The molecule has 0 saturated heterocycles. The van der Waals surface area contributed by atoms with Crippen LogP contribution in [0, 0.1) is 11.6 Å². The summed E-state index contributed by atoms with van der Waals surface area (Å²) in [6.45, 7) is -0.0901. The Labute approximate surface area is 147 Å². The van der Waals surface area contributed by atoms with Crippen LogP contribution in [-0.2, 0) is 13.6 Å². The molecule has 10 heteroatoms. The Morgan fingerprint density at radius 1 is 1.31 bits per heavy atom. The van der Waals surface area contributed by atoms with Crippen LogP contribution in [0.5, 0.6) is 0 Å². The van der Waals surface area contributed by atoms with Gasteiger partial charge in [0.15, 0.2) is 0 Å². The Balaban J connectivity index is 1.84. The monoisotopic (exact) mass is 359 g/mol. The highest BCUT2D eigenvalue weighted by Gasteiger charge is 2.13. The first kappa shape index (κ1) is 17.3. The van der Waals surface area contributed by atoms with Gasteiger partial charge in [-0.05, 0) is 18.2 Å². The number of anilines is 3. The molecule has 3 aromatic rings. The number of carbonyl (C=O) groups excluding carboxylic acids is 1. The molecule has 4 N–H and O–H groups in total. The maximum Gasteiger partial charge on any atom is 0.254 e. The van der Waals surface area contributed by atoms with Gasteiger partial charge in [0.05, 0.1) is 17.4 Å². The Morgan fingerprint density at radius 3 is 2.81 bits per heavy atom. The second-order valence-electron chi connectivity index (χ2n) is 5.44. The van der Waals surface area contributed by atoms with Crippen LogP contribution in [0.25, 0.3) is 0 Å². The third kappa shape index (κ3) is 3.91. The fraction of sp³-hybridized carbons (Fsp3) is 0.125. The molecule has 1 aromatic carbocycles. The van der Waals surface area contributed by atoms with E-state index < -0.39 is 17.5 Å². The fourth-order valence-electron chi connectivity index (χ4n) is 2.23. The van der Waals surface area contributed by atoms with Crippen LogP contribution in [0.3, 0.4) is 0 Å². The van der Waals surface area contributed by atoms with Crippen LogP contribution in [0.1, 0.15) is 15.9 Å². The van der Waals surface area contributed by atoms with E-state index in [4.69, 9.17) is 5.73 Å². The minimum Gasteiger partial charge on any atom is -0.365 e. The molecule has 0 spiro atoms. The van der Waals surface area contributed by atoms with E-state index in [-0.39, 0.29) is 29.4 Å². The van der Waals surface area contributed by atoms with Crippen LogP contribution in [0.4, 0.5) is 26.2 Å². The standard InChI is InChI=1S/C16H15F2N7O/c1-25-8-11(6-22-25)23-16-21-7-12(14(19)26)15(24-16)20-5-9-4-10(17)2-3-13(9)18/h2-4,6-8H,5H2,1H3,(H2,19,26)(H2,20,21,23,24). The smallest absolute Gasteiger partial charge is 0.254 e. The molecular weight excluding hydrogens is 344 g/mol. The summed E-state index contributed by atoms with van der Waals surface area (Å²) in [5.74, 6) is -1.62. The second-order valence-corrected chi connectivity index (χ2v) is 5.44. The average Bonchev–Trinajstić information content (AvgIpc) is 3.00. The maximum atomic E-state index is 13.7. The number of hydrogen-bond donors (Lipinski definition) is 3. The van der Waals surface area contributed by atoms with Crippen LogP contribution in [-0.4, -0.2) is 25.7 Å². The van der Waals surface area contributed by atoms with Crippen LogP contribution in [0.2, 0.25) is 0 Å². The zero-order chi connectivity index (χ0) is 18.7. The molecule has 1 amide bonds. The molecule has 8 nitrogen and oxygen atoms in total. The molecule has 2 aromatic heterocycles. The highest BCUT2D eigenvalue weighted by molar-refractivity contribution is 5.97. The number of amides is 1. The van der Waals surface area contributed by atoms with Crippen LogP contribution in [0.15, 0.2) is 36.8 Å². The largest absolute Gasteiger partial charge is 0.365 e. The van der Waals surface area contributed by atoms with E-state index in [1.165, 1.54) is 6.20 Å². The molecular formula is C16H15F2N7O. The Kier molecular flexibility index (Phi) is 4.74. The number of carbonyl (C=O) groups is 1. The van der Waals surface area contributed by atoms with Crippen molar-refractivity contribution in [1.82, 2.24) is 19.7 Å². The van der Waals surface area contributed by atoms with Gasteiger partial charge in [0.1, 0.15) is 17.5 Å². The van der Waals surface area contributed by atoms with Crippen molar-refractivity contribution in [3.8, 4) is 0 Å². The van der Waals surface area contributed by atoms with Crippen molar-refractivity contribution in [2.24, 2.45) is 12.8 Å². The van der Waals surface area contributed by atoms with Crippen molar-refractivity contribution in [2.45, 2.75) is 6.54 Å². The molecule has 0 aliphatic rings. The molecule has 0 bridgehead atoms. The zero-order valence-corrected chi connectivity index (χ0v) is 13.7. The normalized spacial score (nSPS) is 10.6. The lowest BCUT2D eigenvalue weighted by Crippen LogP contribution is -2.17. The number of benzene rings is 1. The summed E-state index contributed by atoms with van der Waals surface area (Å²) in [4.78, 5) is 19.8. The summed E-state index contributed by atoms with van der Waals surface area (Å²) in [5, 5.41) is 9.72. The first-order chi connectivity index (χ1) is 12.4. The predicted octanol–water partition coefficient (Wildman–Crippen LogP) is 1.94. The molecule has 0 saturated carbocycles. The number of nitrogens with one attached hydrogen (secondary N) is 2. The van der Waals surface area contributed by atoms with Crippen LogP contribution < -0.4 is 16.4 Å². The van der Waals surface area contributed by atoms with E-state index in [0.717, 1.165) is 18.2 Å². The molecule has 0 radical (unpaired) electrons. The zero-order valence-electron chi connectivity index (χ0n) is 13.7. The number of primary amides is 1. The van der Waals surface area contributed by atoms with E-state index in [2.05, 4.69) is 25.7 Å². The predicted molar refractivity (Wildman–Crippen MR) is 90.7 cm³/mol. The molecule has 0 aliphatic heterocycles. The maximum absolute atomic E-state index is 13.7. The molecule has 26 heavy (non-hydrogen) atoms. The van der Waals surface area contributed by atoms with Crippen molar-refractivity contribution in [3.63, 3.8) is 0 Å².